The molecule has 0 saturated carbocycles. The smallest absolute Gasteiger partial charge is 0.416 e. The topological polar surface area (TPSA) is 101 Å². The largest absolute Gasteiger partial charge is 0.458 e. The Bertz CT molecular complexity index is 1360. The summed E-state index contributed by atoms with van der Waals surface area (Å²) in [5, 5.41) is 4.77. The van der Waals surface area contributed by atoms with E-state index >= 15 is 0 Å². The number of aromatic nitrogens is 3. The number of imidazole rings is 1. The number of carbonyl (C=O) groups is 1. The molecule has 0 spiro atoms. The van der Waals surface area contributed by atoms with Crippen molar-refractivity contribution in [3.05, 3.63) is 52.3 Å². The number of ether oxygens (including phenoxy) is 2. The van der Waals surface area contributed by atoms with Crippen molar-refractivity contribution < 1.29 is 27.4 Å². The summed E-state index contributed by atoms with van der Waals surface area (Å²) >= 11 is 0. The van der Waals surface area contributed by atoms with E-state index in [1.165, 1.54) is 13.0 Å². The fourth-order valence-electron chi connectivity index (χ4n) is 5.10. The molecule has 2 aliphatic rings. The van der Waals surface area contributed by atoms with Gasteiger partial charge in [-0.1, -0.05) is 12.1 Å². The average molecular weight is 562 g/mol. The molecule has 2 aromatic heterocycles. The summed E-state index contributed by atoms with van der Waals surface area (Å²) in [6.45, 7) is 7.11. The van der Waals surface area contributed by atoms with Crippen LogP contribution in [0, 0.1) is 6.92 Å². The first-order chi connectivity index (χ1) is 19.1. The van der Waals surface area contributed by atoms with Gasteiger partial charge in [0.25, 0.3) is 0 Å². The van der Waals surface area contributed by atoms with Crippen LogP contribution in [0.25, 0.3) is 5.65 Å². The highest BCUT2D eigenvalue weighted by molar-refractivity contribution is 5.72. The number of nitrogen functional groups attached to an aromatic ring is 1. The SMILES string of the molecule is Cc1c(Cc2c(COC(=O)CN3CCN(C)CC3)nc3c(N)cc(N4CCOCC4)nn23)cccc1C(F)(F)F. The number of piperazine rings is 1. The number of nitrogens with two attached hydrogens (primary N) is 1. The number of carbonyl (C=O) groups excluding carboxylic acids is 1. The fraction of sp³-hybridized carbons (Fsp3) is 0.519. The van der Waals surface area contributed by atoms with Gasteiger partial charge in [0, 0.05) is 51.8 Å². The molecule has 5 rings (SSSR count). The van der Waals surface area contributed by atoms with E-state index in [1.807, 2.05) is 16.8 Å². The predicted molar refractivity (Wildman–Crippen MR) is 143 cm³/mol. The number of likely N-dealkylation sites (N-methyl/N-ethyl adjacent to an activating group) is 1. The Kier molecular flexibility index (Phi) is 8.15. The van der Waals surface area contributed by atoms with E-state index in [0.717, 1.165) is 32.2 Å². The minimum absolute atomic E-state index is 0.0985. The predicted octanol–water partition coefficient (Wildman–Crippen LogP) is 2.36. The molecule has 216 valence electrons. The van der Waals surface area contributed by atoms with Gasteiger partial charge >= 0.3 is 12.1 Å². The van der Waals surface area contributed by atoms with Crippen molar-refractivity contribution >= 4 is 23.1 Å². The summed E-state index contributed by atoms with van der Waals surface area (Å²) in [5.74, 6) is 0.226. The molecule has 2 fully saturated rings. The highest BCUT2D eigenvalue weighted by Gasteiger charge is 2.33. The lowest BCUT2D eigenvalue weighted by atomic mass is 9.98. The molecular formula is C27H34F3N7O3. The molecule has 0 amide bonds. The van der Waals surface area contributed by atoms with Gasteiger partial charge in [0.2, 0.25) is 0 Å². The van der Waals surface area contributed by atoms with Crippen LogP contribution in [0.15, 0.2) is 24.3 Å². The zero-order valence-electron chi connectivity index (χ0n) is 22.7. The van der Waals surface area contributed by atoms with Crippen LogP contribution in [0.5, 0.6) is 0 Å². The maximum Gasteiger partial charge on any atom is 0.416 e. The number of anilines is 2. The molecular weight excluding hydrogens is 527 g/mol. The van der Waals surface area contributed by atoms with Gasteiger partial charge < -0.3 is 25.0 Å². The molecule has 1 aromatic carbocycles. The molecule has 2 saturated heterocycles. The Balaban J connectivity index is 1.47. The molecule has 10 nitrogen and oxygen atoms in total. The van der Waals surface area contributed by atoms with Gasteiger partial charge in [-0.15, -0.1) is 5.10 Å². The number of morpholine rings is 1. The first-order valence-electron chi connectivity index (χ1n) is 13.3. The van der Waals surface area contributed by atoms with Crippen molar-refractivity contribution in [2.24, 2.45) is 0 Å². The minimum Gasteiger partial charge on any atom is -0.458 e. The second-order valence-corrected chi connectivity index (χ2v) is 10.3. The zero-order valence-corrected chi connectivity index (χ0v) is 22.7. The molecule has 0 unspecified atom stereocenters. The van der Waals surface area contributed by atoms with Gasteiger partial charge in [-0.25, -0.2) is 9.50 Å². The number of benzene rings is 1. The van der Waals surface area contributed by atoms with Crippen molar-refractivity contribution in [2.45, 2.75) is 26.1 Å². The van der Waals surface area contributed by atoms with Gasteiger partial charge in [0.15, 0.2) is 11.5 Å². The van der Waals surface area contributed by atoms with E-state index < -0.39 is 17.7 Å². The van der Waals surface area contributed by atoms with Gasteiger partial charge in [0.05, 0.1) is 36.7 Å². The first-order valence-corrected chi connectivity index (χ1v) is 13.3. The quantitative estimate of drug-likeness (QED) is 0.436. The number of hydrogen-bond acceptors (Lipinski definition) is 9. The molecule has 0 atom stereocenters. The number of rotatable bonds is 7. The highest BCUT2D eigenvalue weighted by atomic mass is 19.4. The Morgan fingerprint density at radius 2 is 1.85 bits per heavy atom. The lowest BCUT2D eigenvalue weighted by molar-refractivity contribution is -0.146. The minimum atomic E-state index is -4.48. The van der Waals surface area contributed by atoms with Crippen LogP contribution in [0.3, 0.4) is 0 Å². The van der Waals surface area contributed by atoms with E-state index in [-0.39, 0.29) is 25.1 Å². The normalized spacial score (nSPS) is 17.5. The van der Waals surface area contributed by atoms with Crippen LogP contribution in [-0.2, 0) is 33.5 Å². The Morgan fingerprint density at radius 3 is 2.55 bits per heavy atom. The van der Waals surface area contributed by atoms with Crippen LogP contribution >= 0.6 is 0 Å². The molecule has 4 heterocycles. The van der Waals surface area contributed by atoms with E-state index in [1.54, 1.807) is 16.6 Å². The third-order valence-electron chi connectivity index (χ3n) is 7.54. The summed E-state index contributed by atoms with van der Waals surface area (Å²) < 4.78 is 53.6. The summed E-state index contributed by atoms with van der Waals surface area (Å²) in [7, 11) is 2.04. The van der Waals surface area contributed by atoms with E-state index in [2.05, 4.69) is 9.88 Å². The van der Waals surface area contributed by atoms with Crippen molar-refractivity contribution in [1.82, 2.24) is 24.4 Å². The number of esters is 1. The summed E-state index contributed by atoms with van der Waals surface area (Å²) in [5.41, 5.74) is 7.95. The van der Waals surface area contributed by atoms with E-state index in [4.69, 9.17) is 20.3 Å². The third-order valence-corrected chi connectivity index (χ3v) is 7.54. The van der Waals surface area contributed by atoms with Gasteiger partial charge in [-0.3, -0.25) is 9.69 Å². The van der Waals surface area contributed by atoms with Crippen LogP contribution in [-0.4, -0.2) is 96.4 Å². The van der Waals surface area contributed by atoms with Crippen LogP contribution in [0.4, 0.5) is 24.7 Å². The maximum absolute atomic E-state index is 13.6. The Labute approximate surface area is 230 Å². The Morgan fingerprint density at radius 1 is 1.12 bits per heavy atom. The van der Waals surface area contributed by atoms with Crippen molar-refractivity contribution in [1.29, 1.82) is 0 Å². The van der Waals surface area contributed by atoms with Crippen LogP contribution in [0.2, 0.25) is 0 Å². The second-order valence-electron chi connectivity index (χ2n) is 10.3. The van der Waals surface area contributed by atoms with Crippen molar-refractivity contribution in [3.8, 4) is 0 Å². The van der Waals surface area contributed by atoms with Crippen LogP contribution in [0.1, 0.15) is 28.1 Å². The van der Waals surface area contributed by atoms with Crippen LogP contribution < -0.4 is 10.6 Å². The lowest BCUT2D eigenvalue weighted by Gasteiger charge is -2.31. The highest BCUT2D eigenvalue weighted by Crippen LogP contribution is 2.34. The molecule has 2 aliphatic heterocycles. The molecule has 0 radical (unpaired) electrons. The number of fused-ring (bicyclic) bond motifs is 1. The lowest BCUT2D eigenvalue weighted by Crippen LogP contribution is -2.46. The monoisotopic (exact) mass is 561 g/mol. The van der Waals surface area contributed by atoms with E-state index in [0.29, 0.717) is 60.4 Å². The number of halogens is 3. The summed E-state index contributed by atoms with van der Waals surface area (Å²) in [6, 6.07) is 5.85. The molecule has 40 heavy (non-hydrogen) atoms. The van der Waals surface area contributed by atoms with Gasteiger partial charge in [-0.05, 0) is 31.2 Å². The zero-order chi connectivity index (χ0) is 28.4. The molecule has 0 bridgehead atoms. The number of nitrogens with zero attached hydrogens (tertiary/aromatic N) is 6. The van der Waals surface area contributed by atoms with Crippen molar-refractivity contribution in [3.63, 3.8) is 0 Å². The Hall–Kier alpha value is -3.42. The van der Waals surface area contributed by atoms with Gasteiger partial charge in [0.1, 0.15) is 12.3 Å². The molecule has 2 N–H and O–H groups in total. The maximum atomic E-state index is 13.6. The summed E-state index contributed by atoms with van der Waals surface area (Å²) in [4.78, 5) is 23.6. The number of hydrogen-bond donors (Lipinski definition) is 1. The molecule has 13 heteroatoms. The molecule has 0 aliphatic carbocycles. The third kappa shape index (κ3) is 6.16. The second kappa shape index (κ2) is 11.6. The van der Waals surface area contributed by atoms with Gasteiger partial charge in [-0.2, -0.15) is 13.2 Å². The number of alkyl halides is 3. The summed E-state index contributed by atoms with van der Waals surface area (Å²) in [6.07, 6.45) is -4.38. The first kappa shape index (κ1) is 28.1. The van der Waals surface area contributed by atoms with Crippen molar-refractivity contribution in [2.75, 3.05) is 76.7 Å². The van der Waals surface area contributed by atoms with E-state index in [9.17, 15) is 18.0 Å². The standard InChI is InChI=1S/C27H34F3N7O3/c1-18-19(4-3-5-20(18)27(28,29)30)14-23-22(17-40-25(38)16-35-8-6-34(2)7-9-35)32-26-21(31)15-24(33-37(23)26)36-10-12-39-13-11-36/h3-5,15H,6-14,16-17,31H2,1-2H3. The average Bonchev–Trinajstić information content (AvgIpc) is 3.27. The molecule has 3 aromatic rings. The fourth-order valence-corrected chi connectivity index (χ4v) is 5.10.